The van der Waals surface area contributed by atoms with Crippen LogP contribution in [0.1, 0.15) is 19.8 Å². The first-order valence-electron chi connectivity index (χ1n) is 8.00. The van der Waals surface area contributed by atoms with Crippen LogP contribution < -0.4 is 10.2 Å². The van der Waals surface area contributed by atoms with Gasteiger partial charge in [-0.3, -0.25) is 10.0 Å². The first-order chi connectivity index (χ1) is 12.4. The molecule has 9 heteroatoms. The van der Waals surface area contributed by atoms with Crippen LogP contribution in [0, 0.1) is 17.8 Å². The minimum absolute atomic E-state index is 0.0484. The van der Waals surface area contributed by atoms with Crippen molar-refractivity contribution in [3.05, 3.63) is 24.3 Å². The molecule has 26 heavy (non-hydrogen) atoms. The summed E-state index contributed by atoms with van der Waals surface area (Å²) in [6.07, 6.45) is 0.620. The lowest BCUT2D eigenvalue weighted by atomic mass is 9.97. The summed E-state index contributed by atoms with van der Waals surface area (Å²) in [5, 5.41) is 17.3. The number of carbonyl (C=O) groups is 1. The Balaban J connectivity index is 2.27. The Hall–Kier alpha value is -1.73. The standard InChI is InChI=1S/C17H21NO6S2/c1-2-3-9-24-13-4-6-14(7-5-13)26(22,23)16(17(20)18-21)12-8-10-25-15(19)11-12/h4-7,12,15-16,19,21H,8-11H2,1H3,(H,18,20). The zero-order valence-electron chi connectivity index (χ0n) is 14.2. The van der Waals surface area contributed by atoms with Crippen LogP contribution in [0.2, 0.25) is 0 Å². The Morgan fingerprint density at radius 1 is 1.42 bits per heavy atom. The number of aliphatic hydroxyl groups is 1. The zero-order chi connectivity index (χ0) is 19.2. The summed E-state index contributed by atoms with van der Waals surface area (Å²) in [5.41, 5.74) is 0.724. The van der Waals surface area contributed by atoms with Gasteiger partial charge in [0.25, 0.3) is 5.91 Å². The van der Waals surface area contributed by atoms with Crippen LogP contribution in [0.15, 0.2) is 29.2 Å². The van der Waals surface area contributed by atoms with E-state index in [-0.39, 0.29) is 17.9 Å². The third-order valence-electron chi connectivity index (χ3n) is 4.07. The van der Waals surface area contributed by atoms with Crippen LogP contribution in [0.4, 0.5) is 0 Å². The van der Waals surface area contributed by atoms with E-state index in [1.807, 2.05) is 0 Å². The summed E-state index contributed by atoms with van der Waals surface area (Å²) in [4.78, 5) is 12.1. The van der Waals surface area contributed by atoms with Gasteiger partial charge in [0.1, 0.15) is 17.6 Å². The van der Waals surface area contributed by atoms with E-state index < -0.39 is 32.3 Å². The highest BCUT2D eigenvalue weighted by molar-refractivity contribution is 7.99. The zero-order valence-corrected chi connectivity index (χ0v) is 15.8. The average Bonchev–Trinajstić information content (AvgIpc) is 2.62. The molecule has 1 heterocycles. The van der Waals surface area contributed by atoms with E-state index in [9.17, 15) is 18.3 Å². The van der Waals surface area contributed by atoms with E-state index in [1.165, 1.54) is 41.5 Å². The molecule has 1 aliphatic rings. The van der Waals surface area contributed by atoms with Gasteiger partial charge in [-0.15, -0.1) is 17.7 Å². The molecule has 0 radical (unpaired) electrons. The number of hydroxylamine groups is 1. The number of nitrogens with one attached hydrogen (secondary N) is 1. The van der Waals surface area contributed by atoms with Crippen molar-refractivity contribution in [3.63, 3.8) is 0 Å². The second-order valence-corrected chi connectivity index (χ2v) is 9.09. The lowest BCUT2D eigenvalue weighted by molar-refractivity contribution is -0.129. The Bertz CT molecular complexity index is 782. The number of hydrogen-bond donors (Lipinski definition) is 3. The molecule has 1 fully saturated rings. The van der Waals surface area contributed by atoms with Crippen LogP contribution in [0.3, 0.4) is 0 Å². The fraction of sp³-hybridized carbons (Fsp3) is 0.471. The van der Waals surface area contributed by atoms with Gasteiger partial charge >= 0.3 is 0 Å². The summed E-state index contributed by atoms with van der Waals surface area (Å²) in [6, 6.07) is 5.69. The molecule has 3 unspecified atom stereocenters. The van der Waals surface area contributed by atoms with Gasteiger partial charge in [-0.05, 0) is 55.7 Å². The maximum Gasteiger partial charge on any atom is 0.262 e. The predicted octanol–water partition coefficient (Wildman–Crippen LogP) is 1.20. The van der Waals surface area contributed by atoms with Crippen LogP contribution in [-0.4, -0.2) is 47.7 Å². The molecular weight excluding hydrogens is 378 g/mol. The third-order valence-corrected chi connectivity index (χ3v) is 7.32. The second kappa shape index (κ2) is 9.28. The topological polar surface area (TPSA) is 113 Å². The highest BCUT2D eigenvalue weighted by atomic mass is 32.2. The van der Waals surface area contributed by atoms with Crippen LogP contribution in [0.25, 0.3) is 0 Å². The minimum atomic E-state index is -4.05. The number of thioether (sulfide) groups is 1. The Labute approximate surface area is 157 Å². The van der Waals surface area contributed by atoms with Crippen molar-refractivity contribution >= 4 is 27.5 Å². The summed E-state index contributed by atoms with van der Waals surface area (Å²) >= 11 is 1.32. The molecule has 1 amide bonds. The number of aliphatic hydroxyl groups excluding tert-OH is 1. The highest BCUT2D eigenvalue weighted by Crippen LogP contribution is 2.35. The van der Waals surface area contributed by atoms with Gasteiger partial charge in [0.2, 0.25) is 0 Å². The molecule has 2 rings (SSSR count). The van der Waals surface area contributed by atoms with Gasteiger partial charge in [-0.25, -0.2) is 13.9 Å². The van der Waals surface area contributed by atoms with Gasteiger partial charge in [0, 0.05) is 0 Å². The molecule has 0 aromatic heterocycles. The van der Waals surface area contributed by atoms with Crippen molar-refractivity contribution in [1.29, 1.82) is 0 Å². The van der Waals surface area contributed by atoms with E-state index >= 15 is 0 Å². The summed E-state index contributed by atoms with van der Waals surface area (Å²) in [6.45, 7) is 1.88. The Morgan fingerprint density at radius 3 is 2.69 bits per heavy atom. The number of carbonyl (C=O) groups excluding carboxylic acids is 1. The quantitative estimate of drug-likeness (QED) is 0.374. The van der Waals surface area contributed by atoms with E-state index in [2.05, 4.69) is 11.8 Å². The predicted molar refractivity (Wildman–Crippen MR) is 97.5 cm³/mol. The molecule has 142 valence electrons. The summed E-state index contributed by atoms with van der Waals surface area (Å²) < 4.78 is 31.3. The molecule has 0 spiro atoms. The molecule has 1 aromatic rings. The maximum atomic E-state index is 13.0. The minimum Gasteiger partial charge on any atom is -0.481 e. The number of ether oxygens (including phenoxy) is 1. The Kier molecular flexibility index (Phi) is 7.34. The highest BCUT2D eigenvalue weighted by Gasteiger charge is 2.42. The van der Waals surface area contributed by atoms with Gasteiger partial charge in [-0.1, -0.05) is 5.92 Å². The van der Waals surface area contributed by atoms with Crippen molar-refractivity contribution < 1.29 is 28.3 Å². The lowest BCUT2D eigenvalue weighted by Crippen LogP contribution is -2.45. The van der Waals surface area contributed by atoms with Gasteiger partial charge in [0.15, 0.2) is 9.84 Å². The van der Waals surface area contributed by atoms with Crippen molar-refractivity contribution in [2.75, 3.05) is 12.4 Å². The molecule has 0 aliphatic carbocycles. The SMILES string of the molecule is CC#CCOc1ccc(S(=O)(=O)C(C(=O)NO)C2CCSC(O)C2)cc1. The number of amides is 1. The van der Waals surface area contributed by atoms with Crippen LogP contribution in [-0.2, 0) is 14.6 Å². The molecular formula is C17H21NO6S2. The van der Waals surface area contributed by atoms with Gasteiger partial charge in [-0.2, -0.15) is 0 Å². The largest absolute Gasteiger partial charge is 0.481 e. The van der Waals surface area contributed by atoms with E-state index in [0.29, 0.717) is 17.9 Å². The number of benzene rings is 1. The molecule has 7 nitrogen and oxygen atoms in total. The molecule has 1 aromatic carbocycles. The van der Waals surface area contributed by atoms with E-state index in [0.717, 1.165) is 0 Å². The molecule has 3 atom stereocenters. The normalized spacial score (nSPS) is 21.2. The first kappa shape index (κ1) is 20.6. The Morgan fingerprint density at radius 2 is 2.12 bits per heavy atom. The summed E-state index contributed by atoms with van der Waals surface area (Å²) in [7, 11) is -4.05. The maximum absolute atomic E-state index is 13.0. The number of hydrogen-bond acceptors (Lipinski definition) is 7. The number of rotatable bonds is 6. The molecule has 1 saturated heterocycles. The van der Waals surface area contributed by atoms with Crippen molar-refractivity contribution in [2.45, 2.75) is 35.3 Å². The summed E-state index contributed by atoms with van der Waals surface area (Å²) in [5.74, 6) is 4.84. The van der Waals surface area contributed by atoms with E-state index in [1.54, 1.807) is 6.92 Å². The smallest absolute Gasteiger partial charge is 0.262 e. The molecule has 0 saturated carbocycles. The lowest BCUT2D eigenvalue weighted by Gasteiger charge is -2.30. The van der Waals surface area contributed by atoms with Gasteiger partial charge < -0.3 is 9.84 Å². The molecule has 3 N–H and O–H groups in total. The fourth-order valence-corrected chi connectivity index (χ4v) is 5.80. The first-order valence-corrected chi connectivity index (χ1v) is 10.6. The third kappa shape index (κ3) is 4.92. The van der Waals surface area contributed by atoms with Crippen LogP contribution >= 0.6 is 11.8 Å². The average molecular weight is 399 g/mol. The van der Waals surface area contributed by atoms with Crippen molar-refractivity contribution in [2.24, 2.45) is 5.92 Å². The van der Waals surface area contributed by atoms with Gasteiger partial charge in [0.05, 0.1) is 10.3 Å². The monoisotopic (exact) mass is 399 g/mol. The van der Waals surface area contributed by atoms with Crippen molar-refractivity contribution in [1.82, 2.24) is 5.48 Å². The molecule has 1 aliphatic heterocycles. The van der Waals surface area contributed by atoms with Crippen LogP contribution in [0.5, 0.6) is 5.75 Å². The molecule has 0 bridgehead atoms. The second-order valence-electron chi connectivity index (χ2n) is 5.74. The van der Waals surface area contributed by atoms with Crippen molar-refractivity contribution in [3.8, 4) is 17.6 Å². The van der Waals surface area contributed by atoms with E-state index in [4.69, 9.17) is 9.94 Å². The fourth-order valence-electron chi connectivity index (χ4n) is 2.81. The number of sulfone groups is 1.